The fraction of sp³-hybridized carbons (Fsp3) is 0.778. The van der Waals surface area contributed by atoms with Crippen LogP contribution in [-0.2, 0) is 18.4 Å². The number of likely N-dealkylation sites (tertiary alicyclic amines) is 2. The van der Waals surface area contributed by atoms with Crippen molar-refractivity contribution in [3.05, 3.63) is 18.2 Å². The molecule has 3 heterocycles. The zero-order valence-corrected chi connectivity index (χ0v) is 14.2. The molecule has 5 heteroatoms. The number of aromatic nitrogens is 2. The summed E-state index contributed by atoms with van der Waals surface area (Å²) in [6.45, 7) is 4.24. The average molecular weight is 316 g/mol. The van der Waals surface area contributed by atoms with E-state index in [1.807, 2.05) is 12.5 Å². The summed E-state index contributed by atoms with van der Waals surface area (Å²) in [5, 5.41) is 0. The topological polar surface area (TPSA) is 41.4 Å². The van der Waals surface area contributed by atoms with E-state index in [9.17, 15) is 4.79 Å². The molecule has 1 amide bonds. The van der Waals surface area contributed by atoms with Gasteiger partial charge in [-0.25, -0.2) is 4.98 Å². The molecule has 126 valence electrons. The number of imidazole rings is 1. The van der Waals surface area contributed by atoms with Crippen molar-refractivity contribution in [2.45, 2.75) is 57.0 Å². The number of carbonyl (C=O) groups excluding carboxylic acids is 1. The van der Waals surface area contributed by atoms with Crippen molar-refractivity contribution in [2.24, 2.45) is 13.0 Å². The molecule has 1 aromatic heterocycles. The predicted molar refractivity (Wildman–Crippen MR) is 88.7 cm³/mol. The van der Waals surface area contributed by atoms with Crippen molar-refractivity contribution in [1.29, 1.82) is 0 Å². The van der Waals surface area contributed by atoms with E-state index in [1.165, 1.54) is 31.4 Å². The van der Waals surface area contributed by atoms with Gasteiger partial charge in [0.2, 0.25) is 5.91 Å². The van der Waals surface area contributed by atoms with Gasteiger partial charge in [-0.05, 0) is 51.0 Å². The maximum Gasteiger partial charge on any atom is 0.223 e. The molecule has 3 aliphatic rings. The first-order valence-corrected chi connectivity index (χ1v) is 9.14. The zero-order valence-electron chi connectivity index (χ0n) is 14.2. The van der Waals surface area contributed by atoms with Crippen LogP contribution in [0.25, 0.3) is 0 Å². The lowest BCUT2D eigenvalue weighted by molar-refractivity contribution is -0.131. The molecular formula is C18H28N4O. The molecule has 1 saturated carbocycles. The maximum absolute atomic E-state index is 12.4. The summed E-state index contributed by atoms with van der Waals surface area (Å²) < 4.78 is 2.11. The summed E-state index contributed by atoms with van der Waals surface area (Å²) >= 11 is 0. The second-order valence-electron chi connectivity index (χ2n) is 7.80. The first-order valence-electron chi connectivity index (χ1n) is 9.14. The second kappa shape index (κ2) is 5.93. The van der Waals surface area contributed by atoms with Crippen LogP contribution < -0.4 is 0 Å². The summed E-state index contributed by atoms with van der Waals surface area (Å²) in [5.74, 6) is 1.21. The monoisotopic (exact) mass is 316 g/mol. The van der Waals surface area contributed by atoms with E-state index in [2.05, 4.69) is 26.4 Å². The van der Waals surface area contributed by atoms with Gasteiger partial charge < -0.3 is 9.47 Å². The van der Waals surface area contributed by atoms with E-state index >= 15 is 0 Å². The normalized spacial score (nSPS) is 29.4. The number of hydrogen-bond acceptors (Lipinski definition) is 3. The quantitative estimate of drug-likeness (QED) is 0.855. The van der Waals surface area contributed by atoms with Crippen LogP contribution in [0.4, 0.5) is 0 Å². The van der Waals surface area contributed by atoms with Crippen LogP contribution in [0.1, 0.15) is 50.6 Å². The van der Waals surface area contributed by atoms with E-state index in [0.717, 1.165) is 51.4 Å². The number of aryl methyl sites for hydroxylation is 1. The number of amides is 1. The van der Waals surface area contributed by atoms with Gasteiger partial charge in [0.25, 0.3) is 0 Å². The fourth-order valence-corrected chi connectivity index (χ4v) is 4.41. The highest BCUT2D eigenvalue weighted by Crippen LogP contribution is 2.42. The lowest BCUT2D eigenvalue weighted by atomic mass is 9.87. The average Bonchev–Trinajstić information content (AvgIpc) is 3.24. The summed E-state index contributed by atoms with van der Waals surface area (Å²) in [6, 6.07) is 0. The predicted octanol–water partition coefficient (Wildman–Crippen LogP) is 2.18. The Morgan fingerprint density at radius 2 is 2.13 bits per heavy atom. The Labute approximate surface area is 138 Å². The molecule has 5 nitrogen and oxygen atoms in total. The Morgan fingerprint density at radius 1 is 1.26 bits per heavy atom. The molecule has 4 rings (SSSR count). The van der Waals surface area contributed by atoms with Crippen molar-refractivity contribution in [3.8, 4) is 0 Å². The van der Waals surface area contributed by atoms with Gasteiger partial charge in [0, 0.05) is 44.8 Å². The van der Waals surface area contributed by atoms with Crippen LogP contribution in [0.15, 0.2) is 12.5 Å². The van der Waals surface area contributed by atoms with Crippen molar-refractivity contribution >= 4 is 5.91 Å². The van der Waals surface area contributed by atoms with Gasteiger partial charge in [0.15, 0.2) is 0 Å². The lowest BCUT2D eigenvalue weighted by Crippen LogP contribution is -2.47. The summed E-state index contributed by atoms with van der Waals surface area (Å²) in [4.78, 5) is 21.5. The molecule has 1 atom stereocenters. The van der Waals surface area contributed by atoms with E-state index in [0.29, 0.717) is 5.91 Å². The van der Waals surface area contributed by atoms with E-state index in [4.69, 9.17) is 0 Å². The number of hydrogen-bond donors (Lipinski definition) is 0. The Hall–Kier alpha value is -1.36. The van der Waals surface area contributed by atoms with E-state index in [-0.39, 0.29) is 5.54 Å². The standard InChI is InChI=1S/C18H28N4O/c1-20-14-19-11-16(20)13-21-9-2-6-18(8-10-21)7-5-17(23)22(18)12-15-3-4-15/h11,14-15H,2-10,12-13H2,1H3/t18-/m1/s1. The van der Waals surface area contributed by atoms with Crippen LogP contribution in [0.5, 0.6) is 0 Å². The zero-order chi connectivity index (χ0) is 15.9. The molecule has 2 aliphatic heterocycles. The van der Waals surface area contributed by atoms with Crippen LogP contribution >= 0.6 is 0 Å². The smallest absolute Gasteiger partial charge is 0.223 e. The van der Waals surface area contributed by atoms with Gasteiger partial charge in [0.05, 0.1) is 12.0 Å². The number of nitrogens with zero attached hydrogens (tertiary/aromatic N) is 4. The Balaban J connectivity index is 1.43. The molecule has 1 aliphatic carbocycles. The molecule has 0 bridgehead atoms. The van der Waals surface area contributed by atoms with E-state index in [1.54, 1.807) is 0 Å². The first-order chi connectivity index (χ1) is 11.2. The fourth-order valence-electron chi connectivity index (χ4n) is 4.41. The molecule has 23 heavy (non-hydrogen) atoms. The van der Waals surface area contributed by atoms with E-state index < -0.39 is 0 Å². The van der Waals surface area contributed by atoms with Crippen LogP contribution in [0.3, 0.4) is 0 Å². The Kier molecular flexibility index (Phi) is 3.92. The molecular weight excluding hydrogens is 288 g/mol. The van der Waals surface area contributed by atoms with Gasteiger partial charge in [-0.15, -0.1) is 0 Å². The minimum Gasteiger partial charge on any atom is -0.337 e. The van der Waals surface area contributed by atoms with Crippen LogP contribution in [0, 0.1) is 5.92 Å². The van der Waals surface area contributed by atoms with Gasteiger partial charge in [-0.3, -0.25) is 9.69 Å². The highest BCUT2D eigenvalue weighted by molar-refractivity contribution is 5.79. The molecule has 0 aromatic carbocycles. The minimum absolute atomic E-state index is 0.168. The molecule has 0 unspecified atom stereocenters. The Bertz CT molecular complexity index is 579. The van der Waals surface area contributed by atoms with Crippen molar-refractivity contribution in [1.82, 2.24) is 19.4 Å². The molecule has 1 aromatic rings. The molecule has 0 N–H and O–H groups in total. The summed E-state index contributed by atoms with van der Waals surface area (Å²) in [5.41, 5.74) is 1.44. The molecule has 3 fully saturated rings. The third-order valence-corrected chi connectivity index (χ3v) is 6.13. The van der Waals surface area contributed by atoms with Crippen LogP contribution in [0.2, 0.25) is 0 Å². The minimum atomic E-state index is 0.168. The lowest BCUT2D eigenvalue weighted by Gasteiger charge is -2.38. The third kappa shape index (κ3) is 3.03. The first kappa shape index (κ1) is 15.2. The van der Waals surface area contributed by atoms with Crippen molar-refractivity contribution < 1.29 is 4.79 Å². The molecule has 0 radical (unpaired) electrons. The maximum atomic E-state index is 12.4. The van der Waals surface area contributed by atoms with Gasteiger partial charge in [-0.1, -0.05) is 0 Å². The summed E-state index contributed by atoms with van der Waals surface area (Å²) in [6.07, 6.45) is 11.9. The third-order valence-electron chi connectivity index (χ3n) is 6.13. The van der Waals surface area contributed by atoms with Crippen molar-refractivity contribution in [3.63, 3.8) is 0 Å². The SMILES string of the molecule is Cn1cncc1CN1CCC[C@@]2(CCC(=O)N2CC2CC2)CC1. The highest BCUT2D eigenvalue weighted by Gasteiger charge is 2.47. The number of carbonyl (C=O) groups is 1. The largest absolute Gasteiger partial charge is 0.337 e. The molecule has 1 spiro atoms. The molecule has 2 saturated heterocycles. The second-order valence-corrected chi connectivity index (χ2v) is 7.80. The highest BCUT2D eigenvalue weighted by atomic mass is 16.2. The Morgan fingerprint density at radius 3 is 2.87 bits per heavy atom. The van der Waals surface area contributed by atoms with Crippen LogP contribution in [-0.4, -0.2) is 50.4 Å². The summed E-state index contributed by atoms with van der Waals surface area (Å²) in [7, 11) is 2.06. The number of rotatable bonds is 4. The van der Waals surface area contributed by atoms with Crippen molar-refractivity contribution in [2.75, 3.05) is 19.6 Å². The van der Waals surface area contributed by atoms with Gasteiger partial charge >= 0.3 is 0 Å². The van der Waals surface area contributed by atoms with Gasteiger partial charge in [0.1, 0.15) is 0 Å². The van der Waals surface area contributed by atoms with Gasteiger partial charge in [-0.2, -0.15) is 0 Å².